The lowest BCUT2D eigenvalue weighted by molar-refractivity contribution is 0.589. The summed E-state index contributed by atoms with van der Waals surface area (Å²) >= 11 is 11.9. The van der Waals surface area contributed by atoms with Crippen molar-refractivity contribution < 1.29 is 0 Å². The van der Waals surface area contributed by atoms with Crippen LogP contribution in [-0.4, -0.2) is 7.05 Å². The molecule has 19 heavy (non-hydrogen) atoms. The summed E-state index contributed by atoms with van der Waals surface area (Å²) in [5.74, 6) is 0. The van der Waals surface area contributed by atoms with Crippen LogP contribution in [0, 0.1) is 6.92 Å². The molecule has 2 rings (SSSR count). The SMILES string of the molecule is CNC(Cc1ccc(Cl)cc1)c1ccc(Cl)cc1C. The molecule has 0 aliphatic heterocycles. The van der Waals surface area contributed by atoms with Crippen molar-refractivity contribution in [3.8, 4) is 0 Å². The Bertz CT molecular complexity index is 549. The van der Waals surface area contributed by atoms with Gasteiger partial charge in [-0.15, -0.1) is 0 Å². The van der Waals surface area contributed by atoms with Gasteiger partial charge in [-0.05, 0) is 61.3 Å². The minimum absolute atomic E-state index is 0.276. The van der Waals surface area contributed by atoms with Gasteiger partial charge in [-0.3, -0.25) is 0 Å². The molecule has 2 aromatic carbocycles. The maximum atomic E-state index is 6.01. The number of likely N-dealkylation sites (N-methyl/N-ethyl adjacent to an activating group) is 1. The topological polar surface area (TPSA) is 12.0 Å². The first-order valence-corrected chi connectivity index (χ1v) is 7.03. The monoisotopic (exact) mass is 293 g/mol. The van der Waals surface area contributed by atoms with E-state index >= 15 is 0 Å². The molecule has 0 aromatic heterocycles. The van der Waals surface area contributed by atoms with Crippen LogP contribution in [0.5, 0.6) is 0 Å². The number of hydrogen-bond acceptors (Lipinski definition) is 1. The molecule has 1 nitrogen and oxygen atoms in total. The van der Waals surface area contributed by atoms with Gasteiger partial charge in [0.2, 0.25) is 0 Å². The Morgan fingerprint density at radius 1 is 1.00 bits per heavy atom. The summed E-state index contributed by atoms with van der Waals surface area (Å²) < 4.78 is 0. The molecule has 0 fully saturated rings. The van der Waals surface area contributed by atoms with E-state index in [1.807, 2.05) is 31.3 Å². The highest BCUT2D eigenvalue weighted by Crippen LogP contribution is 2.24. The van der Waals surface area contributed by atoms with Gasteiger partial charge >= 0.3 is 0 Å². The van der Waals surface area contributed by atoms with E-state index in [-0.39, 0.29) is 6.04 Å². The normalized spacial score (nSPS) is 12.4. The molecular weight excluding hydrogens is 277 g/mol. The molecule has 0 amide bonds. The van der Waals surface area contributed by atoms with Crippen LogP contribution in [0.2, 0.25) is 10.0 Å². The highest BCUT2D eigenvalue weighted by Gasteiger charge is 2.12. The van der Waals surface area contributed by atoms with Crippen molar-refractivity contribution in [1.29, 1.82) is 0 Å². The predicted octanol–water partition coefficient (Wildman–Crippen LogP) is 4.81. The highest BCUT2D eigenvalue weighted by molar-refractivity contribution is 6.30. The van der Waals surface area contributed by atoms with E-state index in [4.69, 9.17) is 23.2 Å². The Labute approximate surface area is 124 Å². The molecule has 0 spiro atoms. The van der Waals surface area contributed by atoms with Crippen LogP contribution in [0.25, 0.3) is 0 Å². The number of rotatable bonds is 4. The fourth-order valence-electron chi connectivity index (χ4n) is 2.25. The van der Waals surface area contributed by atoms with E-state index in [1.165, 1.54) is 16.7 Å². The summed E-state index contributed by atoms with van der Waals surface area (Å²) in [6.07, 6.45) is 0.927. The smallest absolute Gasteiger partial charge is 0.0408 e. The molecule has 1 unspecified atom stereocenters. The maximum absolute atomic E-state index is 6.01. The molecule has 100 valence electrons. The van der Waals surface area contributed by atoms with Gasteiger partial charge in [-0.1, -0.05) is 41.4 Å². The first-order valence-electron chi connectivity index (χ1n) is 6.28. The molecule has 0 heterocycles. The van der Waals surface area contributed by atoms with Gasteiger partial charge in [0, 0.05) is 16.1 Å². The van der Waals surface area contributed by atoms with Gasteiger partial charge in [0.1, 0.15) is 0 Å². The summed E-state index contributed by atoms with van der Waals surface area (Å²) in [5.41, 5.74) is 3.75. The zero-order chi connectivity index (χ0) is 13.8. The Morgan fingerprint density at radius 3 is 2.21 bits per heavy atom. The predicted molar refractivity (Wildman–Crippen MR) is 83.1 cm³/mol. The lowest BCUT2D eigenvalue weighted by Gasteiger charge is -2.19. The van der Waals surface area contributed by atoms with Crippen molar-refractivity contribution >= 4 is 23.2 Å². The van der Waals surface area contributed by atoms with Gasteiger partial charge in [-0.25, -0.2) is 0 Å². The standard InChI is InChI=1S/C16H17Cl2N/c1-11-9-14(18)7-8-15(11)16(19-2)10-12-3-5-13(17)6-4-12/h3-9,16,19H,10H2,1-2H3. The molecule has 1 atom stereocenters. The fraction of sp³-hybridized carbons (Fsp3) is 0.250. The zero-order valence-corrected chi connectivity index (χ0v) is 12.6. The number of benzene rings is 2. The van der Waals surface area contributed by atoms with E-state index < -0.39 is 0 Å². The Hall–Kier alpha value is -1.02. The molecule has 0 saturated carbocycles. The van der Waals surface area contributed by atoms with E-state index in [0.29, 0.717) is 0 Å². The van der Waals surface area contributed by atoms with Crippen molar-refractivity contribution in [2.24, 2.45) is 0 Å². The second-order valence-corrected chi connectivity index (χ2v) is 5.55. The van der Waals surface area contributed by atoms with Crippen molar-refractivity contribution in [3.05, 3.63) is 69.2 Å². The van der Waals surface area contributed by atoms with Crippen LogP contribution in [0.4, 0.5) is 0 Å². The Kier molecular flexibility index (Phi) is 4.87. The largest absolute Gasteiger partial charge is 0.313 e. The number of aryl methyl sites for hydroxylation is 1. The van der Waals surface area contributed by atoms with E-state index in [2.05, 4.69) is 30.4 Å². The summed E-state index contributed by atoms with van der Waals surface area (Å²) in [7, 11) is 1.98. The lowest BCUT2D eigenvalue weighted by Crippen LogP contribution is -2.19. The molecule has 0 saturated heterocycles. The number of hydrogen-bond donors (Lipinski definition) is 1. The summed E-state index contributed by atoms with van der Waals surface area (Å²) in [6, 6.07) is 14.3. The Balaban J connectivity index is 2.22. The molecule has 0 aliphatic carbocycles. The maximum Gasteiger partial charge on any atom is 0.0408 e. The van der Waals surface area contributed by atoms with E-state index in [1.54, 1.807) is 0 Å². The Morgan fingerprint density at radius 2 is 1.63 bits per heavy atom. The van der Waals surface area contributed by atoms with Crippen molar-refractivity contribution in [2.45, 2.75) is 19.4 Å². The average molecular weight is 294 g/mol. The quantitative estimate of drug-likeness (QED) is 0.853. The third-order valence-electron chi connectivity index (χ3n) is 3.31. The highest BCUT2D eigenvalue weighted by atomic mass is 35.5. The van der Waals surface area contributed by atoms with Gasteiger partial charge in [0.15, 0.2) is 0 Å². The van der Waals surface area contributed by atoms with Crippen LogP contribution >= 0.6 is 23.2 Å². The van der Waals surface area contributed by atoms with Crippen LogP contribution in [0.3, 0.4) is 0 Å². The van der Waals surface area contributed by atoms with Gasteiger partial charge < -0.3 is 5.32 Å². The molecule has 3 heteroatoms. The van der Waals surface area contributed by atoms with Crippen LogP contribution in [0.1, 0.15) is 22.7 Å². The van der Waals surface area contributed by atoms with Crippen LogP contribution < -0.4 is 5.32 Å². The van der Waals surface area contributed by atoms with Crippen molar-refractivity contribution in [3.63, 3.8) is 0 Å². The third kappa shape index (κ3) is 3.73. The summed E-state index contributed by atoms with van der Waals surface area (Å²) in [5, 5.41) is 4.92. The minimum Gasteiger partial charge on any atom is -0.313 e. The van der Waals surface area contributed by atoms with Gasteiger partial charge in [-0.2, -0.15) is 0 Å². The first kappa shape index (κ1) is 14.4. The molecule has 0 radical (unpaired) electrons. The summed E-state index contributed by atoms with van der Waals surface area (Å²) in [4.78, 5) is 0. The van der Waals surface area contributed by atoms with Gasteiger partial charge in [0.25, 0.3) is 0 Å². The summed E-state index contributed by atoms with van der Waals surface area (Å²) in [6.45, 7) is 2.09. The molecule has 0 aliphatic rings. The first-order chi connectivity index (χ1) is 9.10. The van der Waals surface area contributed by atoms with Crippen molar-refractivity contribution in [1.82, 2.24) is 5.32 Å². The second kappa shape index (κ2) is 6.42. The number of nitrogens with one attached hydrogen (secondary N) is 1. The van der Waals surface area contributed by atoms with Crippen molar-refractivity contribution in [2.75, 3.05) is 7.05 Å². The lowest BCUT2D eigenvalue weighted by atomic mass is 9.95. The molecule has 2 aromatic rings. The second-order valence-electron chi connectivity index (χ2n) is 4.67. The third-order valence-corrected chi connectivity index (χ3v) is 3.80. The van der Waals surface area contributed by atoms with Crippen LogP contribution in [-0.2, 0) is 6.42 Å². The van der Waals surface area contributed by atoms with Crippen LogP contribution in [0.15, 0.2) is 42.5 Å². The van der Waals surface area contributed by atoms with E-state index in [9.17, 15) is 0 Å². The number of halogens is 2. The molecule has 1 N–H and O–H groups in total. The molecular formula is C16H17Cl2N. The van der Waals surface area contributed by atoms with E-state index in [0.717, 1.165) is 16.5 Å². The zero-order valence-electron chi connectivity index (χ0n) is 11.1. The molecule has 0 bridgehead atoms. The van der Waals surface area contributed by atoms with Gasteiger partial charge in [0.05, 0.1) is 0 Å². The fourth-order valence-corrected chi connectivity index (χ4v) is 2.61. The minimum atomic E-state index is 0.276. The average Bonchev–Trinajstić information content (AvgIpc) is 2.39.